The van der Waals surface area contributed by atoms with Gasteiger partial charge in [0.25, 0.3) is 0 Å². The summed E-state index contributed by atoms with van der Waals surface area (Å²) in [7, 11) is 0. The van der Waals surface area contributed by atoms with Crippen molar-refractivity contribution < 1.29 is 0 Å². The van der Waals surface area contributed by atoms with Crippen LogP contribution in [0.1, 0.15) is 0 Å². The molecule has 5 heterocycles. The second kappa shape index (κ2) is 22.2. The Balaban J connectivity index is 0.936. The van der Waals surface area contributed by atoms with Gasteiger partial charge in [0.05, 0.1) is 0 Å². The van der Waals surface area contributed by atoms with Gasteiger partial charge in [-0.1, -0.05) is 0 Å². The average Bonchev–Trinajstić information content (AvgIpc) is 1.35. The number of thiophene rings is 1. The van der Waals surface area contributed by atoms with Crippen LogP contribution in [0.15, 0.2) is 328 Å². The van der Waals surface area contributed by atoms with Gasteiger partial charge in [-0.2, -0.15) is 0 Å². The van der Waals surface area contributed by atoms with Crippen LogP contribution in [0.25, 0.3) is 42.4 Å². The van der Waals surface area contributed by atoms with Crippen molar-refractivity contribution in [3.8, 4) is 22.3 Å². The third-order valence-corrected chi connectivity index (χ3v) is 25.3. The Labute approximate surface area is 558 Å². The van der Waals surface area contributed by atoms with Gasteiger partial charge >= 0.3 is 563 Å². The molecule has 0 radical (unpaired) electrons. The van der Waals surface area contributed by atoms with E-state index >= 15 is 0 Å². The van der Waals surface area contributed by atoms with E-state index in [-0.39, 0.29) is 43.3 Å². The van der Waals surface area contributed by atoms with Crippen LogP contribution in [0.4, 0.5) is 68.2 Å². The van der Waals surface area contributed by atoms with Crippen LogP contribution in [0.3, 0.4) is 0 Å². The standard InChI is InChI=1S/C84H54B2N4SSe2/c1-7-28-55(29-8-1)87(56-30-9-2-10-31-56)61-50-74-80-77(52-61)92-83-70(85(80)68-45-22-24-47-72(68)89(74)59-36-15-5-16-37-59)54-71-84(79(83)65-42-20-19-40-63(65)66-43-27-44-67-64-41-21-26-49-76(64)91-82(66)67)93-78-53-62(88(57-32-11-3-12-33-57)58-34-13-4-14-35-58)51-75-81(78)86(71)69-46-23-25-48-73(69)90(75)60-38-17-6-18-39-60/h1-54H. The number of anilines is 12. The van der Waals surface area contributed by atoms with E-state index in [4.69, 9.17) is 0 Å². The quantitative estimate of drug-likeness (QED) is 0.127. The van der Waals surface area contributed by atoms with E-state index < -0.39 is 0 Å². The van der Waals surface area contributed by atoms with Crippen LogP contribution in [0.2, 0.25) is 0 Å². The molecule has 4 aliphatic heterocycles. The summed E-state index contributed by atoms with van der Waals surface area (Å²) in [5.41, 5.74) is 27.5. The molecule has 434 valence electrons. The Morgan fingerprint density at radius 1 is 0.290 bits per heavy atom. The number of rotatable bonds is 10. The zero-order valence-electron chi connectivity index (χ0n) is 50.3. The minimum atomic E-state index is -0.198. The Morgan fingerprint density at radius 2 is 0.677 bits per heavy atom. The number of fused-ring (bicyclic) bond motifs is 11. The van der Waals surface area contributed by atoms with Gasteiger partial charge in [-0.25, -0.2) is 0 Å². The molecule has 14 aromatic carbocycles. The molecular formula is C84H54B2N4SSe2. The van der Waals surface area contributed by atoms with E-state index in [1.165, 1.54) is 116 Å². The van der Waals surface area contributed by atoms with E-state index in [0.29, 0.717) is 0 Å². The second-order valence-electron chi connectivity index (χ2n) is 24.2. The number of hydrogen-bond donors (Lipinski definition) is 0. The SMILES string of the molecule is c1ccc(N(c2ccccc2)c2cc3c4c(c2)N(c2ccccc2)c2ccccc2B4c2cc4c(c(-c5ccccc5-c5cccc6c5sc5ccccc56)c2[Se]3)[Se]c2cc(N(c3ccccc3)c3ccccc3)cc3c2B4c2ccccc2N3c2ccccc2)cc1. The summed E-state index contributed by atoms with van der Waals surface area (Å²) < 4.78 is 8.39. The van der Waals surface area contributed by atoms with Crippen molar-refractivity contribution in [2.24, 2.45) is 0 Å². The summed E-state index contributed by atoms with van der Waals surface area (Å²) >= 11 is 1.53. The fraction of sp³-hybridized carbons (Fsp3) is 0. The number of para-hydroxylation sites is 8. The molecule has 0 N–H and O–H groups in total. The first kappa shape index (κ1) is 54.4. The maximum atomic E-state index is 2.76. The van der Waals surface area contributed by atoms with Crippen molar-refractivity contribution in [1.82, 2.24) is 0 Å². The van der Waals surface area contributed by atoms with Gasteiger partial charge < -0.3 is 0 Å². The van der Waals surface area contributed by atoms with Gasteiger partial charge in [-0.3, -0.25) is 0 Å². The summed E-state index contributed by atoms with van der Waals surface area (Å²) in [5, 5.41) is 2.62. The molecule has 19 rings (SSSR count). The topological polar surface area (TPSA) is 13.0 Å². The van der Waals surface area contributed by atoms with E-state index in [1.807, 2.05) is 11.3 Å². The van der Waals surface area contributed by atoms with Crippen LogP contribution in [-0.4, -0.2) is 43.3 Å². The van der Waals surface area contributed by atoms with Crippen LogP contribution >= 0.6 is 11.3 Å². The van der Waals surface area contributed by atoms with Crippen molar-refractivity contribution in [3.63, 3.8) is 0 Å². The molecule has 4 nitrogen and oxygen atoms in total. The molecular weight excluding hydrogens is 1280 g/mol. The summed E-state index contributed by atoms with van der Waals surface area (Å²) in [4.78, 5) is 10.1. The molecule has 9 heteroatoms. The van der Waals surface area contributed by atoms with Gasteiger partial charge in [0.15, 0.2) is 0 Å². The molecule has 0 unspecified atom stereocenters. The summed E-state index contributed by atoms with van der Waals surface area (Å²) in [6.45, 7) is -0.147. The van der Waals surface area contributed by atoms with E-state index in [0.717, 1.165) is 45.5 Å². The first-order valence-corrected chi connectivity index (χ1v) is 36.0. The predicted octanol–water partition coefficient (Wildman–Crippen LogP) is 14.9. The number of benzene rings is 14. The van der Waals surface area contributed by atoms with Gasteiger partial charge in [-0.15, -0.1) is 0 Å². The number of hydrogen-bond acceptors (Lipinski definition) is 5. The van der Waals surface area contributed by atoms with Gasteiger partial charge in [0.2, 0.25) is 0 Å². The Morgan fingerprint density at radius 3 is 1.16 bits per heavy atom. The number of nitrogens with zero attached hydrogens (tertiary/aromatic N) is 4. The Kier molecular flexibility index (Phi) is 13.0. The van der Waals surface area contributed by atoms with Crippen LogP contribution < -0.4 is 70.2 Å². The zero-order valence-corrected chi connectivity index (χ0v) is 54.6. The molecule has 0 saturated heterocycles. The Hall–Kier alpha value is -10.3. The summed E-state index contributed by atoms with van der Waals surface area (Å²) in [5.74, 6) is 0. The van der Waals surface area contributed by atoms with E-state index in [1.54, 1.807) is 0 Å². The molecule has 0 bridgehead atoms. The van der Waals surface area contributed by atoms with Crippen LogP contribution in [0, 0.1) is 0 Å². The molecule has 0 spiro atoms. The van der Waals surface area contributed by atoms with Crippen molar-refractivity contribution in [3.05, 3.63) is 328 Å². The fourth-order valence-corrected chi connectivity index (χ4v) is 22.5. The molecule has 4 aliphatic rings. The molecule has 0 saturated carbocycles. The second-order valence-corrected chi connectivity index (χ2v) is 29.7. The van der Waals surface area contributed by atoms with Crippen molar-refractivity contribution in [2.45, 2.75) is 0 Å². The van der Waals surface area contributed by atoms with Gasteiger partial charge in [0.1, 0.15) is 0 Å². The van der Waals surface area contributed by atoms with Crippen LogP contribution in [0.5, 0.6) is 0 Å². The minimum absolute atomic E-state index is 0.0734. The molecule has 0 amide bonds. The predicted molar refractivity (Wildman–Crippen MR) is 401 cm³/mol. The van der Waals surface area contributed by atoms with E-state index in [2.05, 4.69) is 347 Å². The fourth-order valence-electron chi connectivity index (χ4n) is 15.3. The average molecular weight is 1330 g/mol. The van der Waals surface area contributed by atoms with Crippen molar-refractivity contribution >= 4 is 194 Å². The summed E-state index contributed by atoms with van der Waals surface area (Å²) in [6.07, 6.45) is 0. The molecule has 0 fully saturated rings. The molecule has 15 aromatic rings. The summed E-state index contributed by atoms with van der Waals surface area (Å²) in [6, 6.07) is 123. The first-order chi connectivity index (χ1) is 46.2. The van der Waals surface area contributed by atoms with Gasteiger partial charge in [0, 0.05) is 0 Å². The third-order valence-electron chi connectivity index (χ3n) is 19.1. The first-order valence-electron chi connectivity index (χ1n) is 31.8. The van der Waals surface area contributed by atoms with Crippen molar-refractivity contribution in [1.29, 1.82) is 0 Å². The monoisotopic (exact) mass is 1330 g/mol. The molecule has 0 atom stereocenters. The zero-order chi connectivity index (χ0) is 61.1. The third kappa shape index (κ3) is 8.73. The van der Waals surface area contributed by atoms with Crippen LogP contribution in [-0.2, 0) is 0 Å². The molecule has 0 aliphatic carbocycles. The van der Waals surface area contributed by atoms with Crippen molar-refractivity contribution in [2.75, 3.05) is 19.6 Å². The Bertz CT molecular complexity index is 5110. The van der Waals surface area contributed by atoms with Gasteiger partial charge in [-0.05, 0) is 0 Å². The molecule has 93 heavy (non-hydrogen) atoms. The maximum absolute atomic E-state index is 2.76. The van der Waals surface area contributed by atoms with E-state index in [9.17, 15) is 0 Å². The molecule has 1 aromatic heterocycles. The normalized spacial score (nSPS) is 13.0.